The molecule has 0 atom stereocenters. The number of pyridine rings is 1. The van der Waals surface area contributed by atoms with Crippen molar-refractivity contribution in [3.63, 3.8) is 0 Å². The Balaban J connectivity index is 1.81. The molecular weight excluding hydrogens is 333 g/mol. The summed E-state index contributed by atoms with van der Waals surface area (Å²) < 4.78 is 16.0. The molecule has 130 valence electrons. The van der Waals surface area contributed by atoms with E-state index in [0.29, 0.717) is 23.4 Å². The summed E-state index contributed by atoms with van der Waals surface area (Å²) in [6.45, 7) is 2.09. The third-order valence-electron chi connectivity index (χ3n) is 4.11. The first-order valence-corrected chi connectivity index (χ1v) is 7.95. The molecule has 0 aliphatic rings. The first kappa shape index (κ1) is 17.4. The molecule has 0 aliphatic heterocycles. The van der Waals surface area contributed by atoms with E-state index in [4.69, 9.17) is 6.42 Å². The van der Waals surface area contributed by atoms with Gasteiger partial charge in [-0.05, 0) is 30.7 Å². The number of halogens is 1. The van der Waals surface area contributed by atoms with Gasteiger partial charge in [-0.3, -0.25) is 14.3 Å². The molecule has 0 fully saturated rings. The molecule has 2 aromatic heterocycles. The molecule has 0 spiro atoms. The number of nitrogens with zero attached hydrogens (tertiary/aromatic N) is 3. The lowest BCUT2D eigenvalue weighted by Gasteiger charge is -2.07. The SMILES string of the molecule is C#Cc1ccc(=O)n(CC(=O)c2cnn(Cc3ccc(F)cc3)c2C)c1. The largest absolute Gasteiger partial charge is 0.306 e. The van der Waals surface area contributed by atoms with Crippen LogP contribution in [0.15, 0.2) is 53.6 Å². The van der Waals surface area contributed by atoms with E-state index in [0.717, 1.165) is 5.56 Å². The van der Waals surface area contributed by atoms with Gasteiger partial charge in [-0.1, -0.05) is 18.1 Å². The fraction of sp³-hybridized carbons (Fsp3) is 0.150. The van der Waals surface area contributed by atoms with Gasteiger partial charge >= 0.3 is 0 Å². The summed E-state index contributed by atoms with van der Waals surface area (Å²) >= 11 is 0. The van der Waals surface area contributed by atoms with Crippen molar-refractivity contribution < 1.29 is 9.18 Å². The number of terminal acetylenes is 1. The molecule has 0 radical (unpaired) electrons. The number of aromatic nitrogens is 3. The van der Waals surface area contributed by atoms with Crippen molar-refractivity contribution in [3.8, 4) is 12.3 Å². The molecule has 26 heavy (non-hydrogen) atoms. The molecule has 0 aliphatic carbocycles. The predicted molar refractivity (Wildman–Crippen MR) is 95.4 cm³/mol. The first-order valence-electron chi connectivity index (χ1n) is 7.95. The summed E-state index contributed by atoms with van der Waals surface area (Å²) in [5, 5.41) is 4.23. The van der Waals surface area contributed by atoms with E-state index in [1.807, 2.05) is 0 Å². The zero-order valence-corrected chi connectivity index (χ0v) is 14.1. The molecule has 0 N–H and O–H groups in total. The van der Waals surface area contributed by atoms with Crippen LogP contribution in [-0.4, -0.2) is 20.1 Å². The zero-order valence-electron chi connectivity index (χ0n) is 14.1. The van der Waals surface area contributed by atoms with Crippen LogP contribution in [0, 0.1) is 25.1 Å². The highest BCUT2D eigenvalue weighted by Crippen LogP contribution is 2.12. The number of benzene rings is 1. The molecule has 0 saturated heterocycles. The third-order valence-corrected chi connectivity index (χ3v) is 4.11. The van der Waals surface area contributed by atoms with E-state index in [9.17, 15) is 14.0 Å². The van der Waals surface area contributed by atoms with Gasteiger partial charge in [0.25, 0.3) is 5.56 Å². The number of carbonyl (C=O) groups is 1. The van der Waals surface area contributed by atoms with Gasteiger partial charge in [-0.15, -0.1) is 6.42 Å². The third kappa shape index (κ3) is 3.62. The number of hydrogen-bond donors (Lipinski definition) is 0. The van der Waals surface area contributed by atoms with Crippen LogP contribution < -0.4 is 5.56 Å². The molecule has 0 saturated carbocycles. The van der Waals surface area contributed by atoms with Crippen LogP contribution in [0.1, 0.15) is 27.2 Å². The van der Waals surface area contributed by atoms with Crippen molar-refractivity contribution in [2.75, 3.05) is 0 Å². The van der Waals surface area contributed by atoms with Crippen molar-refractivity contribution in [2.45, 2.75) is 20.0 Å². The van der Waals surface area contributed by atoms with E-state index in [1.54, 1.807) is 23.7 Å². The Bertz CT molecular complexity index is 1060. The van der Waals surface area contributed by atoms with Crippen LogP contribution >= 0.6 is 0 Å². The topological polar surface area (TPSA) is 56.9 Å². The van der Waals surface area contributed by atoms with Crippen LogP contribution in [0.3, 0.4) is 0 Å². The quantitative estimate of drug-likeness (QED) is 0.525. The van der Waals surface area contributed by atoms with E-state index >= 15 is 0 Å². The van der Waals surface area contributed by atoms with Crippen molar-refractivity contribution >= 4 is 5.78 Å². The number of rotatable bonds is 5. The second-order valence-electron chi connectivity index (χ2n) is 5.88. The lowest BCUT2D eigenvalue weighted by atomic mass is 10.1. The Kier molecular flexibility index (Phi) is 4.81. The van der Waals surface area contributed by atoms with Crippen LogP contribution in [-0.2, 0) is 13.1 Å². The summed E-state index contributed by atoms with van der Waals surface area (Å²) in [6, 6.07) is 8.98. The summed E-state index contributed by atoms with van der Waals surface area (Å²) in [4.78, 5) is 24.5. The Hall–Kier alpha value is -3.46. The second-order valence-corrected chi connectivity index (χ2v) is 5.88. The van der Waals surface area contributed by atoms with E-state index in [2.05, 4.69) is 11.0 Å². The Labute approximate surface area is 149 Å². The molecule has 2 heterocycles. The fourth-order valence-corrected chi connectivity index (χ4v) is 2.62. The van der Waals surface area contributed by atoms with Crippen molar-refractivity contribution in [3.05, 3.63) is 87.3 Å². The van der Waals surface area contributed by atoms with Gasteiger partial charge < -0.3 is 4.57 Å². The lowest BCUT2D eigenvalue weighted by Crippen LogP contribution is -2.23. The molecule has 0 amide bonds. The average molecular weight is 349 g/mol. The second kappa shape index (κ2) is 7.19. The van der Waals surface area contributed by atoms with Crippen LogP contribution in [0.2, 0.25) is 0 Å². The van der Waals surface area contributed by atoms with Gasteiger partial charge in [0.05, 0.1) is 24.8 Å². The minimum absolute atomic E-state index is 0.114. The van der Waals surface area contributed by atoms with Gasteiger partial charge in [0, 0.05) is 23.5 Å². The summed E-state index contributed by atoms with van der Waals surface area (Å²) in [6.07, 6.45) is 8.30. The minimum Gasteiger partial charge on any atom is -0.306 e. The summed E-state index contributed by atoms with van der Waals surface area (Å²) in [5.41, 5.74) is 2.22. The normalized spacial score (nSPS) is 10.5. The number of Topliss-reactive ketones (excluding diaryl/α,β-unsaturated/α-hetero) is 1. The number of ketones is 1. The molecule has 0 unspecified atom stereocenters. The van der Waals surface area contributed by atoms with Gasteiger partial charge in [0.1, 0.15) is 5.82 Å². The van der Waals surface area contributed by atoms with Gasteiger partial charge in [-0.2, -0.15) is 5.10 Å². The monoisotopic (exact) mass is 349 g/mol. The molecule has 6 heteroatoms. The number of carbonyl (C=O) groups excluding carboxylic acids is 1. The lowest BCUT2D eigenvalue weighted by molar-refractivity contribution is 0.0970. The van der Waals surface area contributed by atoms with E-state index in [1.165, 1.54) is 41.2 Å². The van der Waals surface area contributed by atoms with Crippen LogP contribution in [0.25, 0.3) is 0 Å². The fourth-order valence-electron chi connectivity index (χ4n) is 2.62. The molecule has 1 aromatic carbocycles. The maximum absolute atomic E-state index is 13.0. The standard InChI is InChI=1S/C20H16FN3O2/c1-3-15-6-9-20(26)23(11-15)13-19(25)18-10-22-24(14(18)2)12-16-4-7-17(21)8-5-16/h1,4-11H,12-13H2,2H3. The van der Waals surface area contributed by atoms with Gasteiger partial charge in [-0.25, -0.2) is 4.39 Å². The van der Waals surface area contributed by atoms with Crippen LogP contribution in [0.5, 0.6) is 0 Å². The maximum Gasteiger partial charge on any atom is 0.251 e. The smallest absolute Gasteiger partial charge is 0.251 e. The highest BCUT2D eigenvalue weighted by Gasteiger charge is 2.15. The van der Waals surface area contributed by atoms with Gasteiger partial charge in [0.2, 0.25) is 0 Å². The van der Waals surface area contributed by atoms with Crippen LogP contribution in [0.4, 0.5) is 4.39 Å². The van der Waals surface area contributed by atoms with Crippen molar-refractivity contribution in [1.29, 1.82) is 0 Å². The Morgan fingerprint density at radius 3 is 2.65 bits per heavy atom. The highest BCUT2D eigenvalue weighted by molar-refractivity contribution is 5.96. The zero-order chi connectivity index (χ0) is 18.7. The van der Waals surface area contributed by atoms with E-state index < -0.39 is 0 Å². The summed E-state index contributed by atoms with van der Waals surface area (Å²) in [5.74, 6) is 1.90. The molecular formula is C20H16FN3O2. The van der Waals surface area contributed by atoms with E-state index in [-0.39, 0.29) is 23.7 Å². The van der Waals surface area contributed by atoms with Gasteiger partial charge in [0.15, 0.2) is 5.78 Å². The highest BCUT2D eigenvalue weighted by atomic mass is 19.1. The minimum atomic E-state index is -0.304. The Morgan fingerprint density at radius 1 is 1.23 bits per heavy atom. The van der Waals surface area contributed by atoms with Crippen molar-refractivity contribution in [1.82, 2.24) is 14.3 Å². The Morgan fingerprint density at radius 2 is 1.96 bits per heavy atom. The molecule has 3 rings (SSSR count). The summed E-state index contributed by atoms with van der Waals surface area (Å²) in [7, 11) is 0. The molecule has 5 nitrogen and oxygen atoms in total. The maximum atomic E-state index is 13.0. The number of hydrogen-bond acceptors (Lipinski definition) is 3. The average Bonchev–Trinajstić information content (AvgIpc) is 2.99. The molecule has 0 bridgehead atoms. The molecule has 3 aromatic rings. The predicted octanol–water partition coefficient (Wildman–Crippen LogP) is 2.40. The first-order chi connectivity index (χ1) is 12.5. The van der Waals surface area contributed by atoms with Crippen molar-refractivity contribution in [2.24, 2.45) is 0 Å².